The number of hydrogen-bond acceptors (Lipinski definition) is 4. The largest absolute Gasteiger partial charge is 0.493 e. The van der Waals surface area contributed by atoms with Crippen LogP contribution in [-0.2, 0) is 17.6 Å². The Labute approximate surface area is 139 Å². The molecule has 0 aromatic heterocycles. The van der Waals surface area contributed by atoms with Crippen LogP contribution in [0.1, 0.15) is 18.1 Å². The molecule has 5 heteroatoms. The van der Waals surface area contributed by atoms with Crippen molar-refractivity contribution in [1.29, 1.82) is 0 Å². The molecule has 2 aliphatic heterocycles. The molecule has 0 aliphatic carbocycles. The highest BCUT2D eigenvalue weighted by atomic mass is 79.9. The maximum atomic E-state index is 5.98. The number of rotatable bonds is 5. The Morgan fingerprint density at radius 3 is 3.10 bits per heavy atom. The fourth-order valence-electron chi connectivity index (χ4n) is 3.07. The van der Waals surface area contributed by atoms with Crippen molar-refractivity contribution in [2.24, 2.45) is 0 Å². The first-order chi connectivity index (χ1) is 10.3. The molecule has 1 fully saturated rings. The van der Waals surface area contributed by atoms with E-state index in [4.69, 9.17) is 9.47 Å². The second-order valence-corrected chi connectivity index (χ2v) is 7.57. The molecule has 1 aromatic rings. The summed E-state index contributed by atoms with van der Waals surface area (Å²) >= 11 is 5.62. The van der Waals surface area contributed by atoms with E-state index in [9.17, 15) is 0 Å². The molecule has 2 aliphatic rings. The van der Waals surface area contributed by atoms with E-state index in [1.165, 1.54) is 11.1 Å². The Balaban J connectivity index is 1.79. The number of thioether (sulfide) groups is 1. The molecule has 0 bridgehead atoms. The Kier molecular flexibility index (Phi) is 5.49. The average Bonchev–Trinajstić information content (AvgIpc) is 2.96. The van der Waals surface area contributed by atoms with E-state index < -0.39 is 0 Å². The smallest absolute Gasteiger partial charge is 0.125 e. The van der Waals surface area contributed by atoms with Gasteiger partial charge in [0.15, 0.2) is 0 Å². The standard InChI is InChI=1S/C16H22BrNO2S/c1-2-18-14(15-10-21-6-5-19-15)9-12-8-13(17)7-11-3-4-20-16(11)12/h7-8,14-15,18H,2-6,9-10H2,1H3. The maximum Gasteiger partial charge on any atom is 0.125 e. The lowest BCUT2D eigenvalue weighted by Crippen LogP contribution is -2.46. The number of ether oxygens (including phenoxy) is 2. The lowest BCUT2D eigenvalue weighted by atomic mass is 9.98. The monoisotopic (exact) mass is 371 g/mol. The van der Waals surface area contributed by atoms with E-state index >= 15 is 0 Å². The lowest BCUT2D eigenvalue weighted by Gasteiger charge is -2.31. The summed E-state index contributed by atoms with van der Waals surface area (Å²) in [6.45, 7) is 4.79. The summed E-state index contributed by atoms with van der Waals surface area (Å²) in [5.41, 5.74) is 2.62. The van der Waals surface area contributed by atoms with Crippen molar-refractivity contribution in [2.45, 2.75) is 31.9 Å². The minimum absolute atomic E-state index is 0.291. The number of fused-ring (bicyclic) bond motifs is 1. The SMILES string of the molecule is CCNC(Cc1cc(Br)cc2c1OCC2)C1CSCCO1. The highest BCUT2D eigenvalue weighted by Crippen LogP contribution is 2.34. The fourth-order valence-corrected chi connectivity index (χ4v) is 4.56. The molecule has 0 spiro atoms. The third-order valence-electron chi connectivity index (χ3n) is 4.02. The minimum Gasteiger partial charge on any atom is -0.493 e. The minimum atomic E-state index is 0.291. The Morgan fingerprint density at radius 1 is 1.43 bits per heavy atom. The zero-order valence-electron chi connectivity index (χ0n) is 12.4. The molecular formula is C16H22BrNO2S. The summed E-state index contributed by atoms with van der Waals surface area (Å²) in [6, 6.07) is 4.73. The van der Waals surface area contributed by atoms with Crippen molar-refractivity contribution >= 4 is 27.7 Å². The van der Waals surface area contributed by atoms with E-state index in [1.54, 1.807) is 0 Å². The third kappa shape index (κ3) is 3.76. The van der Waals surface area contributed by atoms with Crippen molar-refractivity contribution in [3.05, 3.63) is 27.7 Å². The van der Waals surface area contributed by atoms with Gasteiger partial charge in [0.2, 0.25) is 0 Å². The Hall–Kier alpha value is -0.230. The molecule has 0 saturated carbocycles. The van der Waals surface area contributed by atoms with Crippen LogP contribution in [0.25, 0.3) is 0 Å². The van der Waals surface area contributed by atoms with Crippen LogP contribution in [-0.4, -0.2) is 43.4 Å². The molecule has 21 heavy (non-hydrogen) atoms. The average molecular weight is 372 g/mol. The van der Waals surface area contributed by atoms with E-state index in [2.05, 4.69) is 40.3 Å². The molecule has 1 N–H and O–H groups in total. The highest BCUT2D eigenvalue weighted by Gasteiger charge is 2.27. The molecule has 3 rings (SSSR count). The molecule has 2 atom stereocenters. The maximum absolute atomic E-state index is 5.98. The highest BCUT2D eigenvalue weighted by molar-refractivity contribution is 9.10. The zero-order valence-corrected chi connectivity index (χ0v) is 14.8. The van der Waals surface area contributed by atoms with Crippen LogP contribution in [0.5, 0.6) is 5.75 Å². The predicted molar refractivity (Wildman–Crippen MR) is 91.6 cm³/mol. The fraction of sp³-hybridized carbons (Fsp3) is 0.625. The van der Waals surface area contributed by atoms with Gasteiger partial charge in [-0.15, -0.1) is 0 Å². The van der Waals surface area contributed by atoms with Crippen LogP contribution in [0.3, 0.4) is 0 Å². The number of hydrogen-bond donors (Lipinski definition) is 1. The van der Waals surface area contributed by atoms with Crippen LogP contribution in [0.2, 0.25) is 0 Å². The first kappa shape index (κ1) is 15.7. The molecule has 2 unspecified atom stereocenters. The van der Waals surface area contributed by atoms with E-state index in [0.29, 0.717) is 12.1 Å². The van der Waals surface area contributed by atoms with Gasteiger partial charge in [-0.2, -0.15) is 11.8 Å². The topological polar surface area (TPSA) is 30.5 Å². The van der Waals surface area contributed by atoms with Crippen molar-refractivity contribution in [3.8, 4) is 5.75 Å². The lowest BCUT2D eigenvalue weighted by molar-refractivity contribution is 0.0474. The normalized spacial score (nSPS) is 22.7. The van der Waals surface area contributed by atoms with Gasteiger partial charge < -0.3 is 14.8 Å². The molecule has 1 saturated heterocycles. The summed E-state index contributed by atoms with van der Waals surface area (Å²) < 4.78 is 13.0. The van der Waals surface area contributed by atoms with E-state index in [0.717, 1.165) is 54.3 Å². The van der Waals surface area contributed by atoms with Crippen molar-refractivity contribution in [1.82, 2.24) is 5.32 Å². The summed E-state index contributed by atoms with van der Waals surface area (Å²) in [4.78, 5) is 0. The summed E-state index contributed by atoms with van der Waals surface area (Å²) in [5, 5.41) is 3.60. The number of nitrogens with one attached hydrogen (secondary N) is 1. The first-order valence-electron chi connectivity index (χ1n) is 7.64. The number of benzene rings is 1. The molecule has 1 aromatic carbocycles. The van der Waals surface area contributed by atoms with E-state index in [-0.39, 0.29) is 0 Å². The molecule has 2 heterocycles. The van der Waals surface area contributed by atoms with Gasteiger partial charge in [-0.3, -0.25) is 0 Å². The summed E-state index contributed by atoms with van der Waals surface area (Å²) in [5.74, 6) is 3.30. The van der Waals surface area contributed by atoms with Gasteiger partial charge in [-0.1, -0.05) is 22.9 Å². The van der Waals surface area contributed by atoms with Gasteiger partial charge in [-0.25, -0.2) is 0 Å². The van der Waals surface area contributed by atoms with Gasteiger partial charge in [0, 0.05) is 28.4 Å². The van der Waals surface area contributed by atoms with Crippen molar-refractivity contribution < 1.29 is 9.47 Å². The predicted octanol–water partition coefficient (Wildman–Crippen LogP) is 3.04. The van der Waals surface area contributed by atoms with Crippen LogP contribution >= 0.6 is 27.7 Å². The molecule has 0 radical (unpaired) electrons. The second-order valence-electron chi connectivity index (χ2n) is 5.50. The number of halogens is 1. The van der Waals surface area contributed by atoms with Gasteiger partial charge in [-0.05, 0) is 36.2 Å². The summed E-state index contributed by atoms with van der Waals surface area (Å²) in [6.07, 6.45) is 2.27. The zero-order chi connectivity index (χ0) is 14.7. The van der Waals surface area contributed by atoms with Crippen LogP contribution in [0.15, 0.2) is 16.6 Å². The Bertz CT molecular complexity index is 491. The first-order valence-corrected chi connectivity index (χ1v) is 9.59. The summed E-state index contributed by atoms with van der Waals surface area (Å²) in [7, 11) is 0. The van der Waals surface area contributed by atoms with E-state index in [1.807, 2.05) is 11.8 Å². The molecule has 3 nitrogen and oxygen atoms in total. The molecule has 116 valence electrons. The molecular weight excluding hydrogens is 350 g/mol. The Morgan fingerprint density at radius 2 is 2.33 bits per heavy atom. The van der Waals surface area contributed by atoms with Gasteiger partial charge >= 0.3 is 0 Å². The van der Waals surface area contributed by atoms with Crippen molar-refractivity contribution in [3.63, 3.8) is 0 Å². The van der Waals surface area contributed by atoms with Crippen LogP contribution < -0.4 is 10.1 Å². The van der Waals surface area contributed by atoms with Crippen molar-refractivity contribution in [2.75, 3.05) is 31.3 Å². The van der Waals surface area contributed by atoms with Crippen LogP contribution in [0, 0.1) is 0 Å². The van der Waals surface area contributed by atoms with Crippen LogP contribution in [0.4, 0.5) is 0 Å². The quantitative estimate of drug-likeness (QED) is 0.861. The number of likely N-dealkylation sites (N-methyl/N-ethyl adjacent to an activating group) is 1. The van der Waals surface area contributed by atoms with Gasteiger partial charge in [0.1, 0.15) is 5.75 Å². The van der Waals surface area contributed by atoms with Gasteiger partial charge in [0.25, 0.3) is 0 Å². The third-order valence-corrected chi connectivity index (χ3v) is 5.50. The molecule has 0 amide bonds. The second kappa shape index (κ2) is 7.36. The van der Waals surface area contributed by atoms with Gasteiger partial charge in [0.05, 0.1) is 19.3 Å².